The summed E-state index contributed by atoms with van der Waals surface area (Å²) in [5, 5.41) is 21.8. The summed E-state index contributed by atoms with van der Waals surface area (Å²) in [5.41, 5.74) is -0.132. The number of carbonyl (C=O) groups excluding carboxylic acids is 2. The number of rotatable bonds is 3. The maximum atomic E-state index is 12.6. The van der Waals surface area contributed by atoms with Crippen LogP contribution in [0, 0.1) is 0 Å². The maximum Gasteiger partial charge on any atom is 0.340 e. The molecule has 0 aliphatic carbocycles. The molecule has 1 aliphatic rings. The lowest BCUT2D eigenvalue weighted by Gasteiger charge is -2.31. The summed E-state index contributed by atoms with van der Waals surface area (Å²) in [6.45, 7) is 1.68. The Morgan fingerprint density at radius 1 is 1.08 bits per heavy atom. The first-order chi connectivity index (χ1) is 12.4. The summed E-state index contributed by atoms with van der Waals surface area (Å²) in [4.78, 5) is 24.5. The number of fused-ring (bicyclic) bond motifs is 1. The molecule has 0 saturated heterocycles. The Morgan fingerprint density at radius 3 is 2.35 bits per heavy atom. The average Bonchev–Trinajstić information content (AvgIpc) is 2.63. The molecule has 8 heteroatoms. The third-order valence-electron chi connectivity index (χ3n) is 3.88. The van der Waals surface area contributed by atoms with Crippen LogP contribution in [0.15, 0.2) is 36.4 Å². The van der Waals surface area contributed by atoms with Crippen LogP contribution in [0.4, 0.5) is 5.69 Å². The van der Waals surface area contributed by atoms with Crippen LogP contribution in [-0.4, -0.2) is 41.4 Å². The minimum atomic E-state index is -0.980. The van der Waals surface area contributed by atoms with Crippen molar-refractivity contribution in [3.63, 3.8) is 0 Å². The first-order valence-electron chi connectivity index (χ1n) is 7.78. The van der Waals surface area contributed by atoms with Gasteiger partial charge in [0, 0.05) is 12.1 Å². The van der Waals surface area contributed by atoms with E-state index in [9.17, 15) is 19.8 Å². The van der Waals surface area contributed by atoms with Crippen LogP contribution in [0.1, 0.15) is 17.3 Å². The summed E-state index contributed by atoms with van der Waals surface area (Å²) >= 11 is 0. The number of phenols is 2. The fourth-order valence-electron chi connectivity index (χ4n) is 2.57. The lowest BCUT2D eigenvalue weighted by atomic mass is 10.1. The summed E-state index contributed by atoms with van der Waals surface area (Å²) < 4.78 is 16.0. The van der Waals surface area contributed by atoms with Gasteiger partial charge >= 0.3 is 5.97 Å². The van der Waals surface area contributed by atoms with E-state index >= 15 is 0 Å². The molecule has 0 fully saturated rings. The zero-order valence-corrected chi connectivity index (χ0v) is 14.1. The molecule has 2 aromatic rings. The SMILES string of the molecule is COC(=O)c1cc(O)c(O)cc1NC(=O)C1Oc2ccccc2OC1C. The molecule has 0 bridgehead atoms. The fourth-order valence-corrected chi connectivity index (χ4v) is 2.57. The number of ether oxygens (including phenoxy) is 3. The topological polar surface area (TPSA) is 114 Å². The monoisotopic (exact) mass is 359 g/mol. The van der Waals surface area contributed by atoms with Crippen molar-refractivity contribution in [3.05, 3.63) is 42.0 Å². The predicted octanol–water partition coefficient (Wildman–Crippen LogP) is 2.05. The van der Waals surface area contributed by atoms with E-state index in [1.807, 2.05) is 0 Å². The summed E-state index contributed by atoms with van der Waals surface area (Å²) in [5.74, 6) is -1.42. The molecule has 26 heavy (non-hydrogen) atoms. The van der Waals surface area contributed by atoms with Gasteiger partial charge in [-0.15, -0.1) is 0 Å². The van der Waals surface area contributed by atoms with Crippen LogP contribution < -0.4 is 14.8 Å². The predicted molar refractivity (Wildman–Crippen MR) is 90.7 cm³/mol. The second-order valence-corrected chi connectivity index (χ2v) is 5.68. The summed E-state index contributed by atoms with van der Waals surface area (Å²) in [6, 6.07) is 9.01. The van der Waals surface area contributed by atoms with Crippen molar-refractivity contribution < 1.29 is 34.0 Å². The van der Waals surface area contributed by atoms with E-state index in [0.29, 0.717) is 11.5 Å². The number of hydrogen-bond acceptors (Lipinski definition) is 7. The van der Waals surface area contributed by atoms with Gasteiger partial charge in [0.1, 0.15) is 6.10 Å². The van der Waals surface area contributed by atoms with Gasteiger partial charge in [0.15, 0.2) is 23.0 Å². The van der Waals surface area contributed by atoms with Crippen molar-refractivity contribution in [2.45, 2.75) is 19.1 Å². The van der Waals surface area contributed by atoms with E-state index < -0.39 is 35.6 Å². The smallest absolute Gasteiger partial charge is 0.340 e. The Hall–Kier alpha value is -3.42. The number of nitrogens with one attached hydrogen (secondary N) is 1. The highest BCUT2D eigenvalue weighted by atomic mass is 16.6. The largest absolute Gasteiger partial charge is 0.504 e. The number of para-hydroxylation sites is 2. The Bertz CT molecular complexity index is 865. The third kappa shape index (κ3) is 3.21. The molecule has 0 radical (unpaired) electrons. The van der Waals surface area contributed by atoms with Gasteiger partial charge in [-0.05, 0) is 19.1 Å². The summed E-state index contributed by atoms with van der Waals surface area (Å²) in [6.07, 6.45) is -1.57. The highest BCUT2D eigenvalue weighted by Crippen LogP contribution is 2.35. The molecule has 2 unspecified atom stereocenters. The Labute approximate surface area is 148 Å². The number of benzene rings is 2. The van der Waals surface area contributed by atoms with Crippen LogP contribution >= 0.6 is 0 Å². The molecule has 8 nitrogen and oxygen atoms in total. The van der Waals surface area contributed by atoms with Gasteiger partial charge < -0.3 is 29.7 Å². The number of carbonyl (C=O) groups is 2. The molecule has 1 amide bonds. The van der Waals surface area contributed by atoms with Gasteiger partial charge in [0.2, 0.25) is 6.10 Å². The standard InChI is InChI=1S/C18H17NO7/c1-9-16(26-15-6-4-3-5-14(15)25-9)17(22)19-11-8-13(21)12(20)7-10(11)18(23)24-2/h3-9,16,20-21H,1-2H3,(H,19,22). The van der Waals surface area contributed by atoms with Crippen molar-refractivity contribution in [2.24, 2.45) is 0 Å². The first-order valence-corrected chi connectivity index (χ1v) is 7.78. The van der Waals surface area contributed by atoms with Gasteiger partial charge in [0.25, 0.3) is 5.91 Å². The van der Waals surface area contributed by atoms with Crippen LogP contribution in [0.2, 0.25) is 0 Å². The average molecular weight is 359 g/mol. The molecule has 0 aromatic heterocycles. The minimum Gasteiger partial charge on any atom is -0.504 e. The molecule has 2 aromatic carbocycles. The van der Waals surface area contributed by atoms with Crippen molar-refractivity contribution in [1.82, 2.24) is 0 Å². The lowest BCUT2D eigenvalue weighted by Crippen LogP contribution is -2.46. The van der Waals surface area contributed by atoms with E-state index in [2.05, 4.69) is 10.1 Å². The molecular weight excluding hydrogens is 342 g/mol. The molecule has 136 valence electrons. The molecule has 0 saturated carbocycles. The molecule has 2 atom stereocenters. The van der Waals surface area contributed by atoms with Crippen LogP contribution in [0.5, 0.6) is 23.0 Å². The van der Waals surface area contributed by atoms with Gasteiger partial charge in [-0.1, -0.05) is 12.1 Å². The first kappa shape index (κ1) is 17.4. The quantitative estimate of drug-likeness (QED) is 0.436. The van der Waals surface area contributed by atoms with Crippen molar-refractivity contribution in [2.75, 3.05) is 12.4 Å². The third-order valence-corrected chi connectivity index (χ3v) is 3.88. The van der Waals surface area contributed by atoms with Crippen LogP contribution in [0.3, 0.4) is 0 Å². The van der Waals surface area contributed by atoms with Gasteiger partial charge in [-0.3, -0.25) is 4.79 Å². The van der Waals surface area contributed by atoms with Gasteiger partial charge in [0.05, 0.1) is 18.4 Å². The Kier molecular flexibility index (Phi) is 4.57. The second-order valence-electron chi connectivity index (χ2n) is 5.68. The number of aromatic hydroxyl groups is 2. The number of methoxy groups -OCH3 is 1. The van der Waals surface area contributed by atoms with E-state index in [1.54, 1.807) is 31.2 Å². The Balaban J connectivity index is 1.86. The number of amides is 1. The zero-order chi connectivity index (χ0) is 18.8. The van der Waals surface area contributed by atoms with E-state index in [1.165, 1.54) is 0 Å². The van der Waals surface area contributed by atoms with Crippen molar-refractivity contribution >= 4 is 17.6 Å². The molecule has 3 N–H and O–H groups in total. The Morgan fingerprint density at radius 2 is 1.69 bits per heavy atom. The second kappa shape index (κ2) is 6.83. The van der Waals surface area contributed by atoms with Crippen molar-refractivity contribution in [1.29, 1.82) is 0 Å². The molecule has 3 rings (SSSR count). The molecular formula is C18H17NO7. The maximum absolute atomic E-state index is 12.6. The highest BCUT2D eigenvalue weighted by molar-refractivity contribution is 6.03. The lowest BCUT2D eigenvalue weighted by molar-refractivity contribution is -0.128. The number of anilines is 1. The number of hydrogen-bond donors (Lipinski definition) is 3. The fraction of sp³-hybridized carbons (Fsp3) is 0.222. The van der Waals surface area contributed by atoms with Crippen LogP contribution in [0.25, 0.3) is 0 Å². The summed E-state index contributed by atoms with van der Waals surface area (Å²) in [7, 11) is 1.16. The van der Waals surface area contributed by atoms with Crippen molar-refractivity contribution in [3.8, 4) is 23.0 Å². The normalized spacial score (nSPS) is 18.1. The van der Waals surface area contributed by atoms with E-state index in [-0.39, 0.29) is 11.3 Å². The number of phenolic OH excluding ortho intramolecular Hbond substituents is 2. The van der Waals surface area contributed by atoms with Gasteiger partial charge in [-0.25, -0.2) is 4.79 Å². The van der Waals surface area contributed by atoms with Gasteiger partial charge in [-0.2, -0.15) is 0 Å². The molecule has 1 aliphatic heterocycles. The van der Waals surface area contributed by atoms with E-state index in [0.717, 1.165) is 19.2 Å². The highest BCUT2D eigenvalue weighted by Gasteiger charge is 2.34. The molecule has 0 spiro atoms. The van der Waals surface area contributed by atoms with E-state index in [4.69, 9.17) is 9.47 Å². The molecule has 1 heterocycles. The van der Waals surface area contributed by atoms with Crippen LogP contribution in [-0.2, 0) is 9.53 Å². The minimum absolute atomic E-state index is 0.0215. The number of esters is 1. The zero-order valence-electron chi connectivity index (χ0n) is 14.1.